The highest BCUT2D eigenvalue weighted by molar-refractivity contribution is 5.84. The van der Waals surface area contributed by atoms with Crippen LogP contribution in [0.15, 0.2) is 24.9 Å². The molecule has 0 atom stereocenters. The van der Waals surface area contributed by atoms with Crippen molar-refractivity contribution in [2.45, 2.75) is 31.8 Å². The van der Waals surface area contributed by atoms with Crippen LogP contribution in [-0.4, -0.2) is 62.2 Å². The second-order valence-electron chi connectivity index (χ2n) is 6.86. The Morgan fingerprint density at radius 1 is 1.33 bits per heavy atom. The summed E-state index contributed by atoms with van der Waals surface area (Å²) in [6, 6.07) is 0. The van der Waals surface area contributed by atoms with E-state index in [1.54, 1.807) is 17.4 Å². The van der Waals surface area contributed by atoms with Gasteiger partial charge in [-0.2, -0.15) is 5.10 Å². The number of imidazole rings is 1. The zero-order chi connectivity index (χ0) is 17.3. The van der Waals surface area contributed by atoms with E-state index >= 15 is 0 Å². The van der Waals surface area contributed by atoms with E-state index < -0.39 is 5.54 Å². The maximum Gasteiger partial charge on any atom is 0.248 e. The first-order valence-electron chi connectivity index (χ1n) is 8.34. The minimum Gasteiger partial charge on any atom is -0.347 e. The van der Waals surface area contributed by atoms with Crippen LogP contribution in [0.4, 0.5) is 0 Å². The molecule has 3 heterocycles. The summed E-state index contributed by atoms with van der Waals surface area (Å²) in [5.41, 5.74) is 1.94. The quantitative estimate of drug-likeness (QED) is 0.839. The predicted octanol–water partition coefficient (Wildman–Crippen LogP) is 1.00. The van der Waals surface area contributed by atoms with Crippen LogP contribution in [0.5, 0.6) is 0 Å². The molecule has 7 nitrogen and oxygen atoms in total. The van der Waals surface area contributed by atoms with E-state index in [0.717, 1.165) is 32.5 Å². The van der Waals surface area contributed by atoms with E-state index in [4.69, 9.17) is 0 Å². The van der Waals surface area contributed by atoms with Crippen molar-refractivity contribution < 1.29 is 4.79 Å². The predicted molar refractivity (Wildman–Crippen MR) is 91.4 cm³/mol. The van der Waals surface area contributed by atoms with Crippen LogP contribution in [0.2, 0.25) is 0 Å². The molecule has 7 heteroatoms. The van der Waals surface area contributed by atoms with Gasteiger partial charge in [0.05, 0.1) is 12.5 Å². The van der Waals surface area contributed by atoms with Gasteiger partial charge in [-0.1, -0.05) is 0 Å². The van der Waals surface area contributed by atoms with E-state index in [2.05, 4.69) is 21.9 Å². The second-order valence-corrected chi connectivity index (χ2v) is 6.86. The van der Waals surface area contributed by atoms with Crippen molar-refractivity contribution in [1.82, 2.24) is 29.1 Å². The van der Waals surface area contributed by atoms with Crippen molar-refractivity contribution in [3.63, 3.8) is 0 Å². The monoisotopic (exact) mass is 330 g/mol. The summed E-state index contributed by atoms with van der Waals surface area (Å²) >= 11 is 0. The lowest BCUT2D eigenvalue weighted by Crippen LogP contribution is -2.54. The van der Waals surface area contributed by atoms with E-state index in [-0.39, 0.29) is 5.91 Å². The Bertz CT molecular complexity index is 695. The number of nitrogens with zero attached hydrogens (tertiary/aromatic N) is 6. The van der Waals surface area contributed by atoms with Crippen LogP contribution in [0.1, 0.15) is 24.1 Å². The van der Waals surface area contributed by atoms with Crippen LogP contribution >= 0.6 is 0 Å². The fraction of sp³-hybridized carbons (Fsp3) is 0.588. The van der Waals surface area contributed by atoms with E-state index in [9.17, 15) is 4.79 Å². The number of carbonyl (C=O) groups excluding carboxylic acids is 1. The molecule has 3 rings (SSSR count). The third-order valence-corrected chi connectivity index (χ3v) is 5.22. The van der Waals surface area contributed by atoms with Crippen LogP contribution in [0, 0.1) is 6.92 Å². The first kappa shape index (κ1) is 16.7. The standard InChI is InChI=1S/C17H26N6O/c1-14-15(11-19-21(14)4)12-22-8-5-17(6-9-22,16(24)20(2)3)23-10-7-18-13-23/h7,10-11,13H,5-6,8-9,12H2,1-4H3. The molecule has 1 aliphatic rings. The lowest BCUT2D eigenvalue weighted by atomic mass is 9.85. The van der Waals surface area contributed by atoms with Gasteiger partial charge in [-0.25, -0.2) is 4.98 Å². The van der Waals surface area contributed by atoms with Gasteiger partial charge in [-0.3, -0.25) is 14.4 Å². The molecule has 0 aliphatic carbocycles. The highest BCUT2D eigenvalue weighted by Crippen LogP contribution is 2.32. The van der Waals surface area contributed by atoms with Gasteiger partial charge in [-0.05, 0) is 19.8 Å². The fourth-order valence-electron chi connectivity index (χ4n) is 3.53. The minimum absolute atomic E-state index is 0.151. The molecular formula is C17H26N6O. The molecule has 2 aromatic heterocycles. The summed E-state index contributed by atoms with van der Waals surface area (Å²) in [7, 11) is 5.62. The average molecular weight is 330 g/mol. The van der Waals surface area contributed by atoms with Crippen molar-refractivity contribution in [3.8, 4) is 0 Å². The zero-order valence-corrected chi connectivity index (χ0v) is 14.9. The zero-order valence-electron chi connectivity index (χ0n) is 14.9. The molecule has 24 heavy (non-hydrogen) atoms. The first-order chi connectivity index (χ1) is 11.4. The highest BCUT2D eigenvalue weighted by Gasteiger charge is 2.43. The SMILES string of the molecule is Cc1c(CN2CCC(C(=O)N(C)C)(n3ccnc3)CC2)cnn1C. The number of aryl methyl sites for hydroxylation is 1. The number of amides is 1. The summed E-state index contributed by atoms with van der Waals surface area (Å²) < 4.78 is 3.90. The normalized spacial score (nSPS) is 17.8. The molecule has 0 radical (unpaired) electrons. The highest BCUT2D eigenvalue weighted by atomic mass is 16.2. The molecule has 2 aromatic rings. The molecule has 0 spiro atoms. The van der Waals surface area contributed by atoms with Gasteiger partial charge in [-0.15, -0.1) is 0 Å². The van der Waals surface area contributed by atoms with Crippen molar-refractivity contribution in [1.29, 1.82) is 0 Å². The molecule has 1 aliphatic heterocycles. The summed E-state index contributed by atoms with van der Waals surface area (Å²) in [5.74, 6) is 0.151. The van der Waals surface area contributed by atoms with Gasteiger partial charge < -0.3 is 9.47 Å². The molecule has 0 N–H and O–H groups in total. The number of likely N-dealkylation sites (N-methyl/N-ethyl adjacent to an activating group) is 1. The van der Waals surface area contributed by atoms with Gasteiger partial charge in [0.15, 0.2) is 0 Å². The second kappa shape index (κ2) is 6.39. The Morgan fingerprint density at radius 3 is 2.54 bits per heavy atom. The van der Waals surface area contributed by atoms with E-state index in [0.29, 0.717) is 0 Å². The summed E-state index contributed by atoms with van der Waals surface area (Å²) in [6.45, 7) is 4.74. The third kappa shape index (κ3) is 2.84. The minimum atomic E-state index is -0.513. The largest absolute Gasteiger partial charge is 0.347 e. The Hall–Kier alpha value is -2.15. The molecule has 0 unspecified atom stereocenters. The summed E-state index contributed by atoms with van der Waals surface area (Å²) in [5, 5.41) is 4.32. The maximum atomic E-state index is 12.9. The van der Waals surface area contributed by atoms with Crippen molar-refractivity contribution in [2.75, 3.05) is 27.2 Å². The molecule has 1 fully saturated rings. The van der Waals surface area contributed by atoms with Gasteiger partial charge in [0.25, 0.3) is 0 Å². The van der Waals surface area contributed by atoms with Crippen molar-refractivity contribution in [2.24, 2.45) is 7.05 Å². The van der Waals surface area contributed by atoms with Gasteiger partial charge >= 0.3 is 0 Å². The van der Waals surface area contributed by atoms with Crippen molar-refractivity contribution >= 4 is 5.91 Å². The summed E-state index contributed by atoms with van der Waals surface area (Å²) in [4.78, 5) is 21.1. The van der Waals surface area contributed by atoms with Crippen LogP contribution in [0.3, 0.4) is 0 Å². The molecule has 0 saturated carbocycles. The lowest BCUT2D eigenvalue weighted by molar-refractivity contribution is -0.141. The Labute approximate surface area is 142 Å². The van der Waals surface area contributed by atoms with Gasteiger partial charge in [0.1, 0.15) is 5.54 Å². The number of likely N-dealkylation sites (tertiary alicyclic amines) is 1. The number of hydrogen-bond donors (Lipinski definition) is 0. The number of piperidine rings is 1. The Balaban J connectivity index is 1.75. The van der Waals surface area contributed by atoms with E-state index in [1.165, 1.54) is 11.3 Å². The smallest absolute Gasteiger partial charge is 0.248 e. The maximum absolute atomic E-state index is 12.9. The fourth-order valence-corrected chi connectivity index (χ4v) is 3.53. The van der Waals surface area contributed by atoms with Crippen LogP contribution in [0.25, 0.3) is 0 Å². The molecule has 1 amide bonds. The molecule has 1 saturated heterocycles. The van der Waals surface area contributed by atoms with Gasteiger partial charge in [0, 0.05) is 64.4 Å². The lowest BCUT2D eigenvalue weighted by Gasteiger charge is -2.42. The van der Waals surface area contributed by atoms with Crippen LogP contribution in [-0.2, 0) is 23.9 Å². The topological polar surface area (TPSA) is 59.2 Å². The number of hydrogen-bond acceptors (Lipinski definition) is 4. The number of rotatable bonds is 4. The molecular weight excluding hydrogens is 304 g/mol. The third-order valence-electron chi connectivity index (χ3n) is 5.22. The first-order valence-corrected chi connectivity index (χ1v) is 8.34. The average Bonchev–Trinajstić information content (AvgIpc) is 3.21. The van der Waals surface area contributed by atoms with Crippen molar-refractivity contribution in [3.05, 3.63) is 36.2 Å². The molecule has 130 valence electrons. The molecule has 0 bridgehead atoms. The number of aromatic nitrogens is 4. The van der Waals surface area contributed by atoms with Crippen LogP contribution < -0.4 is 0 Å². The number of carbonyl (C=O) groups is 1. The van der Waals surface area contributed by atoms with Gasteiger partial charge in [0.2, 0.25) is 5.91 Å². The van der Waals surface area contributed by atoms with E-state index in [1.807, 2.05) is 42.8 Å². The molecule has 0 aromatic carbocycles. The Kier molecular flexibility index (Phi) is 4.45. The Morgan fingerprint density at radius 2 is 2.04 bits per heavy atom. The summed E-state index contributed by atoms with van der Waals surface area (Å²) in [6.07, 6.45) is 8.94.